The van der Waals surface area contributed by atoms with Crippen molar-refractivity contribution in [3.05, 3.63) is 71.2 Å². The molecule has 0 radical (unpaired) electrons. The second-order valence-electron chi connectivity index (χ2n) is 2.97. The van der Waals surface area contributed by atoms with Gasteiger partial charge in [-0.15, -0.1) is 0 Å². The summed E-state index contributed by atoms with van der Waals surface area (Å²) < 4.78 is 0. The summed E-state index contributed by atoms with van der Waals surface area (Å²) in [6.45, 7) is 0. The van der Waals surface area contributed by atoms with Crippen LogP contribution >= 0.6 is 11.6 Å². The van der Waals surface area contributed by atoms with E-state index in [1.54, 1.807) is 12.1 Å². The molecule has 0 saturated carbocycles. The Bertz CT molecular complexity index is 414. The molecule has 0 bridgehead atoms. The topological polar surface area (TPSA) is 37.3 Å². The average Bonchev–Trinajstić information content (AvgIpc) is 2.32. The minimum absolute atomic E-state index is 0.215. The third kappa shape index (κ3) is 4.62. The van der Waals surface area contributed by atoms with Crippen molar-refractivity contribution in [2.45, 2.75) is 0 Å². The van der Waals surface area contributed by atoms with E-state index in [1.165, 1.54) is 12.1 Å². The maximum Gasteiger partial charge on any atom is 0.335 e. The number of carboxylic acids is 1. The standard InChI is InChI=1S/C7H5ClO2.C6H6/c8-6-3-1-2-5(4-6)7(9)10;1-2-4-6-5-3-1/h1-4H,(H,9,10);1-6H. The minimum Gasteiger partial charge on any atom is -0.478 e. The van der Waals surface area contributed by atoms with Crippen molar-refractivity contribution in [1.82, 2.24) is 0 Å². The lowest BCUT2D eigenvalue weighted by atomic mass is 10.2. The highest BCUT2D eigenvalue weighted by Gasteiger charge is 2.00. The Kier molecular flexibility index (Phi) is 5.09. The Morgan fingerprint density at radius 3 is 1.75 bits per heavy atom. The van der Waals surface area contributed by atoms with Gasteiger partial charge >= 0.3 is 5.97 Å². The van der Waals surface area contributed by atoms with Crippen molar-refractivity contribution in [3.8, 4) is 0 Å². The number of carboxylic acid groups (broad SMARTS) is 1. The van der Waals surface area contributed by atoms with Crippen LogP contribution in [0, 0.1) is 0 Å². The molecule has 0 aliphatic carbocycles. The smallest absolute Gasteiger partial charge is 0.335 e. The van der Waals surface area contributed by atoms with Crippen LogP contribution in [0.25, 0.3) is 0 Å². The van der Waals surface area contributed by atoms with Gasteiger partial charge in [-0.2, -0.15) is 0 Å². The normalized spacial score (nSPS) is 8.81. The fourth-order valence-electron chi connectivity index (χ4n) is 1.01. The van der Waals surface area contributed by atoms with Crippen LogP contribution in [0.15, 0.2) is 60.7 Å². The molecule has 3 heteroatoms. The minimum atomic E-state index is -0.956. The summed E-state index contributed by atoms with van der Waals surface area (Å²) in [5, 5.41) is 8.89. The molecule has 16 heavy (non-hydrogen) atoms. The molecule has 0 aliphatic rings. The predicted molar refractivity (Wildman–Crippen MR) is 64.9 cm³/mol. The van der Waals surface area contributed by atoms with Gasteiger partial charge < -0.3 is 5.11 Å². The van der Waals surface area contributed by atoms with Gasteiger partial charge in [0.2, 0.25) is 0 Å². The second-order valence-corrected chi connectivity index (χ2v) is 3.41. The zero-order valence-electron chi connectivity index (χ0n) is 8.51. The van der Waals surface area contributed by atoms with E-state index in [-0.39, 0.29) is 5.56 Å². The SMILES string of the molecule is O=C(O)c1cccc(Cl)c1.c1ccccc1. The van der Waals surface area contributed by atoms with Gasteiger partial charge in [0.05, 0.1) is 5.56 Å². The number of hydrogen-bond donors (Lipinski definition) is 1. The van der Waals surface area contributed by atoms with Gasteiger partial charge in [0, 0.05) is 5.02 Å². The highest BCUT2D eigenvalue weighted by atomic mass is 35.5. The van der Waals surface area contributed by atoms with Crippen molar-refractivity contribution in [2.24, 2.45) is 0 Å². The molecule has 0 fully saturated rings. The Labute approximate surface area is 99.1 Å². The number of halogens is 1. The van der Waals surface area contributed by atoms with E-state index >= 15 is 0 Å². The van der Waals surface area contributed by atoms with E-state index in [1.807, 2.05) is 36.4 Å². The van der Waals surface area contributed by atoms with Gasteiger partial charge in [0.1, 0.15) is 0 Å². The highest BCUT2D eigenvalue weighted by Crippen LogP contribution is 2.09. The quantitative estimate of drug-likeness (QED) is 0.817. The number of benzene rings is 2. The first-order valence-electron chi connectivity index (χ1n) is 4.69. The number of hydrogen-bond acceptors (Lipinski definition) is 1. The first-order valence-corrected chi connectivity index (χ1v) is 5.07. The molecule has 2 nitrogen and oxygen atoms in total. The van der Waals surface area contributed by atoms with E-state index in [9.17, 15) is 4.79 Å². The maximum absolute atomic E-state index is 10.3. The predicted octanol–water partition coefficient (Wildman–Crippen LogP) is 3.72. The van der Waals surface area contributed by atoms with Gasteiger partial charge in [-0.05, 0) is 18.2 Å². The van der Waals surface area contributed by atoms with Crippen LogP contribution in [0.2, 0.25) is 5.02 Å². The van der Waals surface area contributed by atoms with Crippen molar-refractivity contribution in [2.75, 3.05) is 0 Å². The lowest BCUT2D eigenvalue weighted by molar-refractivity contribution is 0.0697. The van der Waals surface area contributed by atoms with E-state index in [0.29, 0.717) is 5.02 Å². The molecule has 2 rings (SSSR count). The molecule has 0 aromatic heterocycles. The van der Waals surface area contributed by atoms with Crippen LogP contribution in [-0.4, -0.2) is 11.1 Å². The van der Waals surface area contributed by atoms with Crippen molar-refractivity contribution in [1.29, 1.82) is 0 Å². The van der Waals surface area contributed by atoms with Crippen molar-refractivity contribution in [3.63, 3.8) is 0 Å². The van der Waals surface area contributed by atoms with E-state index in [4.69, 9.17) is 16.7 Å². The zero-order valence-corrected chi connectivity index (χ0v) is 9.26. The zero-order chi connectivity index (χ0) is 11.8. The fourth-order valence-corrected chi connectivity index (χ4v) is 1.20. The van der Waals surface area contributed by atoms with E-state index in [2.05, 4.69) is 0 Å². The molecular weight excluding hydrogens is 224 g/mol. The van der Waals surface area contributed by atoms with Crippen molar-refractivity contribution < 1.29 is 9.90 Å². The molecule has 1 N–H and O–H groups in total. The molecule has 0 amide bonds. The highest BCUT2D eigenvalue weighted by molar-refractivity contribution is 6.30. The summed E-state index contributed by atoms with van der Waals surface area (Å²) in [7, 11) is 0. The number of aromatic carboxylic acids is 1. The molecule has 0 heterocycles. The summed E-state index contributed by atoms with van der Waals surface area (Å²) in [4.78, 5) is 10.3. The molecule has 82 valence electrons. The average molecular weight is 235 g/mol. The van der Waals surface area contributed by atoms with E-state index < -0.39 is 5.97 Å². The first-order chi connectivity index (χ1) is 7.70. The monoisotopic (exact) mass is 234 g/mol. The Balaban J connectivity index is 0.000000181. The van der Waals surface area contributed by atoms with Gasteiger partial charge in [-0.1, -0.05) is 54.1 Å². The van der Waals surface area contributed by atoms with Crippen molar-refractivity contribution >= 4 is 17.6 Å². The van der Waals surface area contributed by atoms with E-state index in [0.717, 1.165) is 0 Å². The van der Waals surface area contributed by atoms with Gasteiger partial charge in [-0.25, -0.2) is 4.79 Å². The molecule has 0 unspecified atom stereocenters. The maximum atomic E-state index is 10.3. The number of rotatable bonds is 1. The van der Waals surface area contributed by atoms with Crippen LogP contribution in [0.1, 0.15) is 10.4 Å². The fraction of sp³-hybridized carbons (Fsp3) is 0. The Morgan fingerprint density at radius 2 is 1.44 bits per heavy atom. The van der Waals surface area contributed by atoms with Crippen LogP contribution < -0.4 is 0 Å². The first kappa shape index (κ1) is 12.3. The Hall–Kier alpha value is -1.80. The summed E-state index contributed by atoms with van der Waals surface area (Å²) in [6.07, 6.45) is 0. The summed E-state index contributed by atoms with van der Waals surface area (Å²) >= 11 is 5.53. The molecule has 0 atom stereocenters. The molecule has 0 aliphatic heterocycles. The van der Waals surface area contributed by atoms with Gasteiger partial charge in [-0.3, -0.25) is 0 Å². The van der Waals surface area contributed by atoms with Crippen LogP contribution in [0.4, 0.5) is 0 Å². The second kappa shape index (κ2) is 6.64. The molecule has 0 saturated heterocycles. The molecule has 2 aromatic rings. The summed E-state index contributed by atoms with van der Waals surface area (Å²) in [5.74, 6) is -0.956. The summed E-state index contributed by atoms with van der Waals surface area (Å²) in [5.41, 5.74) is 0.215. The molecule has 0 spiro atoms. The Morgan fingerprint density at radius 1 is 0.938 bits per heavy atom. The molecule has 2 aromatic carbocycles. The third-order valence-corrected chi connectivity index (χ3v) is 1.97. The summed E-state index contributed by atoms with van der Waals surface area (Å²) in [6, 6.07) is 18.1. The van der Waals surface area contributed by atoms with Crippen LogP contribution in [0.5, 0.6) is 0 Å². The van der Waals surface area contributed by atoms with Gasteiger partial charge in [0.15, 0.2) is 0 Å². The lowest BCUT2D eigenvalue weighted by Gasteiger charge is -1.92. The van der Waals surface area contributed by atoms with Crippen LogP contribution in [-0.2, 0) is 0 Å². The molecular formula is C13H11ClO2. The lowest BCUT2D eigenvalue weighted by Crippen LogP contribution is -1.94. The third-order valence-electron chi connectivity index (χ3n) is 1.74. The number of carbonyl (C=O) groups is 1. The largest absolute Gasteiger partial charge is 0.478 e. The van der Waals surface area contributed by atoms with Gasteiger partial charge in [0.25, 0.3) is 0 Å². The van der Waals surface area contributed by atoms with Crippen LogP contribution in [0.3, 0.4) is 0 Å².